The van der Waals surface area contributed by atoms with E-state index >= 15 is 0 Å². The zero-order valence-electron chi connectivity index (χ0n) is 12.0. The van der Waals surface area contributed by atoms with Gasteiger partial charge < -0.3 is 19.5 Å². The molecule has 2 aromatic carbocycles. The molecule has 0 amide bonds. The first kappa shape index (κ1) is 15.4. The first-order valence-corrected chi connectivity index (χ1v) is 7.01. The third kappa shape index (κ3) is 4.24. The molecule has 0 saturated carbocycles. The van der Waals surface area contributed by atoms with Gasteiger partial charge in [-0.1, -0.05) is 43.3 Å². The zero-order chi connectivity index (χ0) is 15.1. The van der Waals surface area contributed by atoms with Gasteiger partial charge in [0, 0.05) is 0 Å². The van der Waals surface area contributed by atoms with E-state index in [1.807, 2.05) is 43.3 Å². The van der Waals surface area contributed by atoms with Crippen molar-refractivity contribution in [2.75, 3.05) is 6.61 Å². The second-order valence-corrected chi connectivity index (χ2v) is 4.66. The van der Waals surface area contributed by atoms with Crippen molar-refractivity contribution in [1.82, 2.24) is 0 Å². The summed E-state index contributed by atoms with van der Waals surface area (Å²) in [7, 11) is -1.50. The lowest BCUT2D eigenvalue weighted by Crippen LogP contribution is -2.33. The zero-order valence-corrected chi connectivity index (χ0v) is 12.0. The fourth-order valence-corrected chi connectivity index (χ4v) is 1.97. The maximum absolute atomic E-state index is 9.35. The van der Waals surface area contributed by atoms with Crippen LogP contribution in [-0.2, 0) is 6.61 Å². The van der Waals surface area contributed by atoms with E-state index in [9.17, 15) is 10.0 Å². The van der Waals surface area contributed by atoms with Gasteiger partial charge in [0.1, 0.15) is 6.61 Å². The Hall–Kier alpha value is -1.98. The maximum Gasteiger partial charge on any atom is 0.488 e. The molecular formula is C16H19BO4. The van der Waals surface area contributed by atoms with Crippen molar-refractivity contribution in [3.63, 3.8) is 0 Å². The molecule has 0 aliphatic rings. The third-order valence-electron chi connectivity index (χ3n) is 3.03. The summed E-state index contributed by atoms with van der Waals surface area (Å²) in [5.41, 5.74) is 1.18. The van der Waals surface area contributed by atoms with Gasteiger partial charge >= 0.3 is 7.12 Å². The molecule has 0 fully saturated rings. The second-order valence-electron chi connectivity index (χ2n) is 4.66. The van der Waals surface area contributed by atoms with Crippen LogP contribution in [0.2, 0.25) is 0 Å². The van der Waals surface area contributed by atoms with Crippen molar-refractivity contribution in [2.45, 2.75) is 20.0 Å². The van der Waals surface area contributed by atoms with Crippen LogP contribution in [0.1, 0.15) is 18.9 Å². The normalized spacial score (nSPS) is 10.2. The number of para-hydroxylation sites is 2. The van der Waals surface area contributed by atoms with Gasteiger partial charge in [-0.25, -0.2) is 0 Å². The van der Waals surface area contributed by atoms with Crippen LogP contribution in [0.25, 0.3) is 0 Å². The van der Waals surface area contributed by atoms with Crippen LogP contribution in [-0.4, -0.2) is 23.8 Å². The summed E-state index contributed by atoms with van der Waals surface area (Å²) in [4.78, 5) is 0. The molecule has 0 spiro atoms. The van der Waals surface area contributed by atoms with Crippen molar-refractivity contribution in [3.05, 3.63) is 54.1 Å². The lowest BCUT2D eigenvalue weighted by atomic mass is 9.77. The summed E-state index contributed by atoms with van der Waals surface area (Å²) in [6.07, 6.45) is 0.924. The molecule has 110 valence electrons. The number of rotatable bonds is 7. The quantitative estimate of drug-likeness (QED) is 0.761. The Morgan fingerprint density at radius 1 is 0.905 bits per heavy atom. The highest BCUT2D eigenvalue weighted by Crippen LogP contribution is 2.27. The maximum atomic E-state index is 9.35. The highest BCUT2D eigenvalue weighted by molar-refractivity contribution is 6.59. The van der Waals surface area contributed by atoms with E-state index in [0.29, 0.717) is 23.6 Å². The first-order valence-electron chi connectivity index (χ1n) is 7.01. The van der Waals surface area contributed by atoms with E-state index in [2.05, 4.69) is 0 Å². The number of ether oxygens (including phenoxy) is 2. The Morgan fingerprint density at radius 3 is 2.19 bits per heavy atom. The van der Waals surface area contributed by atoms with Crippen LogP contribution in [0.3, 0.4) is 0 Å². The molecule has 2 rings (SSSR count). The summed E-state index contributed by atoms with van der Waals surface area (Å²) in [5.74, 6) is 1.34. The molecule has 0 unspecified atom stereocenters. The van der Waals surface area contributed by atoms with Crippen molar-refractivity contribution in [2.24, 2.45) is 0 Å². The lowest BCUT2D eigenvalue weighted by molar-refractivity contribution is 0.262. The summed E-state index contributed by atoms with van der Waals surface area (Å²) in [6.45, 7) is 2.93. The predicted octanol–water partition coefficient (Wildman–Crippen LogP) is 1.73. The molecule has 0 aromatic heterocycles. The molecule has 5 heteroatoms. The molecule has 0 aliphatic heterocycles. The monoisotopic (exact) mass is 286 g/mol. The van der Waals surface area contributed by atoms with Crippen LogP contribution in [0.5, 0.6) is 11.5 Å². The molecule has 0 bridgehead atoms. The Morgan fingerprint density at radius 2 is 1.52 bits per heavy atom. The Bertz CT molecular complexity index is 572. The Labute approximate surface area is 125 Å². The molecule has 2 N–H and O–H groups in total. The van der Waals surface area contributed by atoms with Crippen molar-refractivity contribution >= 4 is 12.6 Å². The van der Waals surface area contributed by atoms with Gasteiger partial charge in [-0.2, -0.15) is 0 Å². The fraction of sp³-hybridized carbons (Fsp3) is 0.250. The van der Waals surface area contributed by atoms with Gasteiger partial charge in [0.15, 0.2) is 11.5 Å². The molecule has 4 nitrogen and oxygen atoms in total. The summed E-state index contributed by atoms with van der Waals surface area (Å²) in [5, 5.41) is 18.7. The fourth-order valence-electron chi connectivity index (χ4n) is 1.97. The molecule has 0 radical (unpaired) electrons. The second kappa shape index (κ2) is 7.71. The summed E-state index contributed by atoms with van der Waals surface area (Å²) in [6, 6.07) is 14.5. The van der Waals surface area contributed by atoms with Gasteiger partial charge in [0.25, 0.3) is 0 Å². The molecular weight excluding hydrogens is 267 g/mol. The predicted molar refractivity (Wildman–Crippen MR) is 82.8 cm³/mol. The van der Waals surface area contributed by atoms with Crippen molar-refractivity contribution in [1.29, 1.82) is 0 Å². The van der Waals surface area contributed by atoms with E-state index < -0.39 is 7.12 Å². The van der Waals surface area contributed by atoms with Crippen LogP contribution >= 0.6 is 0 Å². The number of benzene rings is 2. The van der Waals surface area contributed by atoms with Gasteiger partial charge in [0.05, 0.1) is 6.61 Å². The minimum atomic E-state index is -1.50. The highest BCUT2D eigenvalue weighted by atomic mass is 16.5. The van der Waals surface area contributed by atoms with Gasteiger partial charge in [0.2, 0.25) is 0 Å². The molecule has 0 aliphatic carbocycles. The summed E-state index contributed by atoms with van der Waals surface area (Å²) >= 11 is 0. The average Bonchev–Trinajstić information content (AvgIpc) is 2.52. The molecule has 0 heterocycles. The number of hydrogen-bond acceptors (Lipinski definition) is 4. The van der Waals surface area contributed by atoms with Gasteiger partial charge in [-0.15, -0.1) is 0 Å². The standard InChI is InChI=1S/C16H19BO4/c1-2-11-20-15-9-5-6-10-16(15)21-12-13-7-3-4-8-14(13)17(18)19/h3-10,18-19H,2,11-12H2,1H3. The molecule has 0 atom stereocenters. The topological polar surface area (TPSA) is 58.9 Å². The minimum Gasteiger partial charge on any atom is -0.490 e. The van der Waals surface area contributed by atoms with Crippen LogP contribution < -0.4 is 14.9 Å². The van der Waals surface area contributed by atoms with E-state index in [4.69, 9.17) is 9.47 Å². The van der Waals surface area contributed by atoms with E-state index in [1.165, 1.54) is 0 Å². The smallest absolute Gasteiger partial charge is 0.488 e. The van der Waals surface area contributed by atoms with E-state index in [0.717, 1.165) is 12.0 Å². The van der Waals surface area contributed by atoms with Gasteiger partial charge in [-0.05, 0) is 29.6 Å². The average molecular weight is 286 g/mol. The lowest BCUT2D eigenvalue weighted by Gasteiger charge is -2.14. The van der Waals surface area contributed by atoms with Crippen molar-refractivity contribution in [3.8, 4) is 11.5 Å². The SMILES string of the molecule is CCCOc1ccccc1OCc1ccccc1B(O)O. The summed E-state index contributed by atoms with van der Waals surface area (Å²) < 4.78 is 11.4. The highest BCUT2D eigenvalue weighted by Gasteiger charge is 2.15. The van der Waals surface area contributed by atoms with Gasteiger partial charge in [-0.3, -0.25) is 0 Å². The van der Waals surface area contributed by atoms with E-state index in [-0.39, 0.29) is 6.61 Å². The third-order valence-corrected chi connectivity index (χ3v) is 3.03. The first-order chi connectivity index (χ1) is 10.2. The Balaban J connectivity index is 2.10. The van der Waals surface area contributed by atoms with Crippen molar-refractivity contribution < 1.29 is 19.5 Å². The molecule has 0 saturated heterocycles. The molecule has 21 heavy (non-hydrogen) atoms. The van der Waals surface area contributed by atoms with Crippen LogP contribution in [0, 0.1) is 0 Å². The van der Waals surface area contributed by atoms with E-state index in [1.54, 1.807) is 12.1 Å². The largest absolute Gasteiger partial charge is 0.490 e. The number of hydrogen-bond donors (Lipinski definition) is 2. The molecule has 2 aromatic rings. The minimum absolute atomic E-state index is 0.250. The Kier molecular flexibility index (Phi) is 5.66. The van der Waals surface area contributed by atoms with Crippen LogP contribution in [0.15, 0.2) is 48.5 Å². The van der Waals surface area contributed by atoms with Crippen LogP contribution in [0.4, 0.5) is 0 Å².